The summed E-state index contributed by atoms with van der Waals surface area (Å²) in [7, 11) is 1.59. The molecule has 0 saturated carbocycles. The van der Waals surface area contributed by atoms with Crippen molar-refractivity contribution >= 4 is 11.9 Å². The SMILES string of the molecule is CCCCCCOC(=O)/C=C/C(=O)OCc1ccc(OC)cc1. The first kappa shape index (κ1) is 18.7. The van der Waals surface area contributed by atoms with Crippen molar-refractivity contribution < 1.29 is 23.8 Å². The lowest BCUT2D eigenvalue weighted by Crippen LogP contribution is -2.05. The molecule has 5 nitrogen and oxygen atoms in total. The van der Waals surface area contributed by atoms with Crippen LogP contribution < -0.4 is 4.74 Å². The molecule has 0 aliphatic carbocycles. The molecule has 1 aromatic rings. The number of esters is 2. The molecule has 126 valence electrons. The van der Waals surface area contributed by atoms with Crippen LogP contribution in [0.2, 0.25) is 0 Å². The maximum absolute atomic E-state index is 11.5. The van der Waals surface area contributed by atoms with Crippen molar-refractivity contribution in [3.63, 3.8) is 0 Å². The number of rotatable bonds is 10. The van der Waals surface area contributed by atoms with E-state index in [1.165, 1.54) is 0 Å². The minimum Gasteiger partial charge on any atom is -0.497 e. The van der Waals surface area contributed by atoms with Gasteiger partial charge in [0.2, 0.25) is 0 Å². The topological polar surface area (TPSA) is 61.8 Å². The largest absolute Gasteiger partial charge is 0.497 e. The summed E-state index contributed by atoms with van der Waals surface area (Å²) in [6, 6.07) is 7.19. The highest BCUT2D eigenvalue weighted by molar-refractivity contribution is 5.91. The highest BCUT2D eigenvalue weighted by Gasteiger charge is 2.02. The van der Waals surface area contributed by atoms with Crippen LogP contribution >= 0.6 is 0 Å². The van der Waals surface area contributed by atoms with Gasteiger partial charge in [0.25, 0.3) is 0 Å². The summed E-state index contributed by atoms with van der Waals surface area (Å²) in [5.74, 6) is -0.367. The first-order chi connectivity index (χ1) is 11.2. The molecule has 0 fully saturated rings. The van der Waals surface area contributed by atoms with Gasteiger partial charge in [0.15, 0.2) is 0 Å². The molecule has 0 aromatic heterocycles. The molecule has 0 heterocycles. The van der Waals surface area contributed by atoms with E-state index in [0.29, 0.717) is 6.61 Å². The summed E-state index contributed by atoms with van der Waals surface area (Å²) in [6.07, 6.45) is 6.32. The zero-order chi connectivity index (χ0) is 16.9. The van der Waals surface area contributed by atoms with Gasteiger partial charge in [-0.05, 0) is 24.1 Å². The molecule has 0 radical (unpaired) electrons. The Kier molecular flexibility index (Phi) is 9.20. The number of benzene rings is 1. The molecule has 5 heteroatoms. The fourth-order valence-corrected chi connectivity index (χ4v) is 1.81. The molecular weight excluding hydrogens is 296 g/mol. The minimum atomic E-state index is -0.580. The summed E-state index contributed by atoms with van der Waals surface area (Å²) >= 11 is 0. The van der Waals surface area contributed by atoms with Gasteiger partial charge >= 0.3 is 11.9 Å². The van der Waals surface area contributed by atoms with Gasteiger partial charge in [0.05, 0.1) is 13.7 Å². The molecule has 0 amide bonds. The Morgan fingerprint density at radius 2 is 1.61 bits per heavy atom. The number of carbonyl (C=O) groups is 2. The Morgan fingerprint density at radius 3 is 2.22 bits per heavy atom. The third-order valence-electron chi connectivity index (χ3n) is 3.14. The van der Waals surface area contributed by atoms with Crippen LogP contribution in [0.25, 0.3) is 0 Å². The molecule has 0 aliphatic heterocycles. The van der Waals surface area contributed by atoms with E-state index in [0.717, 1.165) is 49.1 Å². The van der Waals surface area contributed by atoms with E-state index in [4.69, 9.17) is 14.2 Å². The van der Waals surface area contributed by atoms with E-state index in [1.807, 2.05) is 0 Å². The second-order valence-electron chi connectivity index (χ2n) is 5.02. The van der Waals surface area contributed by atoms with Crippen molar-refractivity contribution in [2.75, 3.05) is 13.7 Å². The molecule has 1 aromatic carbocycles. The molecule has 0 atom stereocenters. The lowest BCUT2D eigenvalue weighted by atomic mass is 10.2. The van der Waals surface area contributed by atoms with E-state index in [-0.39, 0.29) is 6.61 Å². The van der Waals surface area contributed by atoms with Crippen LogP contribution in [-0.2, 0) is 25.7 Å². The van der Waals surface area contributed by atoms with Gasteiger partial charge in [-0.15, -0.1) is 0 Å². The number of carbonyl (C=O) groups excluding carboxylic acids is 2. The zero-order valence-electron chi connectivity index (χ0n) is 13.7. The van der Waals surface area contributed by atoms with Crippen LogP contribution in [0.5, 0.6) is 5.75 Å². The van der Waals surface area contributed by atoms with Gasteiger partial charge < -0.3 is 14.2 Å². The van der Waals surface area contributed by atoms with Crippen molar-refractivity contribution in [2.45, 2.75) is 39.2 Å². The smallest absolute Gasteiger partial charge is 0.331 e. The quantitative estimate of drug-likeness (QED) is 0.375. The van der Waals surface area contributed by atoms with Crippen molar-refractivity contribution in [2.24, 2.45) is 0 Å². The average Bonchev–Trinajstić information content (AvgIpc) is 2.58. The number of methoxy groups -OCH3 is 1. The van der Waals surface area contributed by atoms with E-state index in [1.54, 1.807) is 31.4 Å². The Bertz CT molecular complexity index is 505. The Hall–Kier alpha value is -2.30. The molecule has 0 unspecified atom stereocenters. The van der Waals surface area contributed by atoms with Crippen molar-refractivity contribution in [1.29, 1.82) is 0 Å². The van der Waals surface area contributed by atoms with Gasteiger partial charge in [-0.3, -0.25) is 0 Å². The zero-order valence-corrected chi connectivity index (χ0v) is 13.7. The molecule has 0 saturated heterocycles. The fourth-order valence-electron chi connectivity index (χ4n) is 1.81. The lowest BCUT2D eigenvalue weighted by Gasteiger charge is -2.04. The van der Waals surface area contributed by atoms with Gasteiger partial charge in [-0.25, -0.2) is 9.59 Å². The molecule has 0 N–H and O–H groups in total. The number of hydrogen-bond donors (Lipinski definition) is 0. The Balaban J connectivity index is 2.22. The predicted octanol–water partition coefficient (Wildman–Crippen LogP) is 3.42. The monoisotopic (exact) mass is 320 g/mol. The first-order valence-corrected chi connectivity index (χ1v) is 7.80. The van der Waals surface area contributed by atoms with Gasteiger partial charge in [-0.2, -0.15) is 0 Å². The van der Waals surface area contributed by atoms with Gasteiger partial charge in [0.1, 0.15) is 12.4 Å². The van der Waals surface area contributed by atoms with Crippen LogP contribution in [-0.4, -0.2) is 25.7 Å². The third-order valence-corrected chi connectivity index (χ3v) is 3.14. The summed E-state index contributed by atoms with van der Waals surface area (Å²) in [5.41, 5.74) is 0.839. The third kappa shape index (κ3) is 8.66. The van der Waals surface area contributed by atoms with Gasteiger partial charge in [-0.1, -0.05) is 38.3 Å². The highest BCUT2D eigenvalue weighted by Crippen LogP contribution is 2.12. The van der Waals surface area contributed by atoms with E-state index in [2.05, 4.69) is 6.92 Å². The van der Waals surface area contributed by atoms with E-state index in [9.17, 15) is 9.59 Å². The van der Waals surface area contributed by atoms with Crippen molar-refractivity contribution in [1.82, 2.24) is 0 Å². The normalized spacial score (nSPS) is 10.5. The van der Waals surface area contributed by atoms with Crippen molar-refractivity contribution in [3.8, 4) is 5.75 Å². The van der Waals surface area contributed by atoms with Crippen molar-refractivity contribution in [3.05, 3.63) is 42.0 Å². The average molecular weight is 320 g/mol. The molecule has 23 heavy (non-hydrogen) atoms. The maximum Gasteiger partial charge on any atom is 0.331 e. The maximum atomic E-state index is 11.5. The second-order valence-corrected chi connectivity index (χ2v) is 5.02. The van der Waals surface area contributed by atoms with Gasteiger partial charge in [0, 0.05) is 12.2 Å². The van der Waals surface area contributed by atoms with Crippen LogP contribution in [0.15, 0.2) is 36.4 Å². The number of unbranched alkanes of at least 4 members (excludes halogenated alkanes) is 3. The Labute approximate surface area is 137 Å². The van der Waals surface area contributed by atoms with Crippen LogP contribution in [0, 0.1) is 0 Å². The number of hydrogen-bond acceptors (Lipinski definition) is 5. The van der Waals surface area contributed by atoms with Crippen LogP contribution in [0.3, 0.4) is 0 Å². The predicted molar refractivity (Wildman–Crippen MR) is 87.0 cm³/mol. The summed E-state index contributed by atoms with van der Waals surface area (Å²) < 4.78 is 15.1. The molecular formula is C18H24O5. The highest BCUT2D eigenvalue weighted by atomic mass is 16.5. The summed E-state index contributed by atoms with van der Waals surface area (Å²) in [4.78, 5) is 22.9. The molecule has 1 rings (SSSR count). The first-order valence-electron chi connectivity index (χ1n) is 7.80. The standard InChI is InChI=1S/C18H24O5/c1-3-4-5-6-13-22-17(19)11-12-18(20)23-14-15-7-9-16(21-2)10-8-15/h7-12H,3-6,13-14H2,1-2H3/b12-11+. The fraction of sp³-hybridized carbons (Fsp3) is 0.444. The van der Waals surface area contributed by atoms with E-state index >= 15 is 0 Å². The summed E-state index contributed by atoms with van der Waals surface area (Å²) in [5, 5.41) is 0. The lowest BCUT2D eigenvalue weighted by molar-refractivity contribution is -0.141. The number of ether oxygens (including phenoxy) is 3. The minimum absolute atomic E-state index is 0.138. The van der Waals surface area contributed by atoms with Crippen LogP contribution in [0.4, 0.5) is 0 Å². The van der Waals surface area contributed by atoms with E-state index < -0.39 is 11.9 Å². The Morgan fingerprint density at radius 1 is 0.957 bits per heavy atom. The molecule has 0 spiro atoms. The molecule has 0 bridgehead atoms. The summed E-state index contributed by atoms with van der Waals surface area (Å²) in [6.45, 7) is 2.63. The molecule has 0 aliphatic rings. The van der Waals surface area contributed by atoms with Crippen LogP contribution in [0.1, 0.15) is 38.2 Å². The second kappa shape index (κ2) is 11.3.